The maximum Gasteiger partial charge on any atom is 0.167 e. The Morgan fingerprint density at radius 3 is 2.69 bits per heavy atom. The highest BCUT2D eigenvalue weighted by molar-refractivity contribution is 5.68. The molecule has 0 aliphatic carbocycles. The Labute approximate surface area is 94.3 Å². The fourth-order valence-electron chi connectivity index (χ4n) is 1.78. The van der Waals surface area contributed by atoms with Gasteiger partial charge < -0.3 is 10.3 Å². The van der Waals surface area contributed by atoms with Gasteiger partial charge in [0.15, 0.2) is 5.82 Å². The summed E-state index contributed by atoms with van der Waals surface area (Å²) in [6.45, 7) is 6.11. The molecule has 0 aromatic carbocycles. The normalized spacial score (nSPS) is 11.0. The number of rotatable bonds is 2. The highest BCUT2D eigenvalue weighted by atomic mass is 15.3. The Hall–Kier alpha value is -1.91. The van der Waals surface area contributed by atoms with Crippen molar-refractivity contribution >= 4 is 5.82 Å². The summed E-state index contributed by atoms with van der Waals surface area (Å²) in [5.74, 6) is 2.14. The molecule has 0 saturated heterocycles. The molecule has 0 spiro atoms. The highest BCUT2D eigenvalue weighted by Gasteiger charge is 2.15. The summed E-state index contributed by atoms with van der Waals surface area (Å²) in [4.78, 5) is 4.06. The van der Waals surface area contributed by atoms with Gasteiger partial charge >= 0.3 is 0 Å². The van der Waals surface area contributed by atoms with Crippen LogP contribution in [0.4, 0.5) is 5.82 Å². The van der Waals surface area contributed by atoms with Crippen LogP contribution in [0.5, 0.6) is 0 Å². The molecule has 84 valence electrons. The van der Waals surface area contributed by atoms with E-state index in [1.807, 2.05) is 23.6 Å². The largest absolute Gasteiger partial charge is 0.383 e. The molecular formula is C11H15N5. The first kappa shape index (κ1) is 10.6. The van der Waals surface area contributed by atoms with E-state index in [2.05, 4.69) is 29.0 Å². The third kappa shape index (κ3) is 1.64. The number of anilines is 1. The first-order chi connectivity index (χ1) is 7.61. The lowest BCUT2D eigenvalue weighted by molar-refractivity contribution is 0.587. The number of hydrogen-bond donors (Lipinski definition) is 1. The van der Waals surface area contributed by atoms with Crippen LogP contribution >= 0.6 is 0 Å². The van der Waals surface area contributed by atoms with Crippen LogP contribution in [-0.4, -0.2) is 19.7 Å². The van der Waals surface area contributed by atoms with Crippen LogP contribution in [0.2, 0.25) is 0 Å². The van der Waals surface area contributed by atoms with Crippen molar-refractivity contribution in [1.29, 1.82) is 0 Å². The number of nitrogens with zero attached hydrogens (tertiary/aromatic N) is 4. The third-order valence-electron chi connectivity index (χ3n) is 2.46. The highest BCUT2D eigenvalue weighted by Crippen LogP contribution is 2.25. The van der Waals surface area contributed by atoms with Crippen LogP contribution in [0.1, 0.15) is 25.7 Å². The summed E-state index contributed by atoms with van der Waals surface area (Å²) < 4.78 is 2.05. The Morgan fingerprint density at radius 1 is 1.31 bits per heavy atom. The molecule has 16 heavy (non-hydrogen) atoms. The predicted octanol–water partition coefficient (Wildman–Crippen LogP) is 1.81. The fraction of sp³-hybridized carbons (Fsp3) is 0.364. The Kier molecular flexibility index (Phi) is 2.60. The summed E-state index contributed by atoms with van der Waals surface area (Å²) in [5, 5.41) is 8.25. The Balaban J connectivity index is 2.61. The third-order valence-corrected chi connectivity index (χ3v) is 2.46. The predicted molar refractivity (Wildman–Crippen MR) is 62.8 cm³/mol. The minimum Gasteiger partial charge on any atom is -0.383 e. The topological polar surface area (TPSA) is 69.6 Å². The molecule has 0 amide bonds. The van der Waals surface area contributed by atoms with Gasteiger partial charge in [-0.25, -0.2) is 4.98 Å². The molecule has 2 aromatic heterocycles. The van der Waals surface area contributed by atoms with E-state index >= 15 is 0 Å². The van der Waals surface area contributed by atoms with Crippen LogP contribution in [0, 0.1) is 6.92 Å². The summed E-state index contributed by atoms with van der Waals surface area (Å²) in [7, 11) is 0. The molecule has 0 fully saturated rings. The molecule has 5 heteroatoms. The molecule has 0 radical (unpaired) electrons. The van der Waals surface area contributed by atoms with E-state index < -0.39 is 0 Å². The van der Waals surface area contributed by atoms with Gasteiger partial charge in [-0.3, -0.25) is 0 Å². The van der Waals surface area contributed by atoms with Crippen LogP contribution in [0.3, 0.4) is 0 Å². The Morgan fingerprint density at radius 2 is 2.06 bits per heavy atom. The molecule has 0 atom stereocenters. The van der Waals surface area contributed by atoms with Crippen molar-refractivity contribution in [2.45, 2.75) is 26.8 Å². The summed E-state index contributed by atoms with van der Waals surface area (Å²) in [6.07, 6.45) is 1.67. The van der Waals surface area contributed by atoms with E-state index in [0.717, 1.165) is 17.2 Å². The molecule has 0 aliphatic rings. The summed E-state index contributed by atoms with van der Waals surface area (Å²) in [6, 6.07) is 4.05. The van der Waals surface area contributed by atoms with Crippen LogP contribution in [0.15, 0.2) is 18.3 Å². The maximum atomic E-state index is 5.84. The van der Waals surface area contributed by atoms with Crippen molar-refractivity contribution in [1.82, 2.24) is 19.7 Å². The van der Waals surface area contributed by atoms with Gasteiger partial charge in [-0.1, -0.05) is 0 Å². The number of nitrogens with two attached hydrogens (primary N) is 1. The van der Waals surface area contributed by atoms with Crippen molar-refractivity contribution in [3.05, 3.63) is 24.2 Å². The van der Waals surface area contributed by atoms with Crippen molar-refractivity contribution in [2.24, 2.45) is 0 Å². The van der Waals surface area contributed by atoms with Crippen molar-refractivity contribution < 1.29 is 0 Å². The minimum absolute atomic E-state index is 0.296. The van der Waals surface area contributed by atoms with E-state index in [1.165, 1.54) is 0 Å². The number of nitrogen functional groups attached to an aromatic ring is 1. The van der Waals surface area contributed by atoms with Crippen molar-refractivity contribution in [2.75, 3.05) is 5.73 Å². The van der Waals surface area contributed by atoms with Crippen LogP contribution < -0.4 is 5.73 Å². The van der Waals surface area contributed by atoms with Crippen LogP contribution in [-0.2, 0) is 0 Å². The molecule has 2 aromatic rings. The second-order valence-electron chi connectivity index (χ2n) is 3.97. The lowest BCUT2D eigenvalue weighted by Gasteiger charge is -2.12. The lowest BCUT2D eigenvalue weighted by Crippen LogP contribution is -2.06. The molecule has 0 bridgehead atoms. The zero-order chi connectivity index (χ0) is 11.7. The van der Waals surface area contributed by atoms with Gasteiger partial charge in [0.1, 0.15) is 11.6 Å². The number of aromatic nitrogens is 4. The Bertz CT molecular complexity index is 501. The SMILES string of the molecule is Cc1nnc(-c2cccnc2N)n1C(C)C. The smallest absolute Gasteiger partial charge is 0.167 e. The van der Waals surface area contributed by atoms with Gasteiger partial charge in [-0.2, -0.15) is 0 Å². The fourth-order valence-corrected chi connectivity index (χ4v) is 1.78. The molecule has 2 rings (SSSR count). The van der Waals surface area contributed by atoms with Crippen LogP contribution in [0.25, 0.3) is 11.4 Å². The second kappa shape index (κ2) is 3.92. The van der Waals surface area contributed by atoms with E-state index in [-0.39, 0.29) is 0 Å². The zero-order valence-electron chi connectivity index (χ0n) is 9.68. The molecule has 5 nitrogen and oxygen atoms in total. The molecule has 2 heterocycles. The van der Waals surface area contributed by atoms with E-state index in [1.54, 1.807) is 6.20 Å². The molecule has 0 saturated carbocycles. The molecule has 0 unspecified atom stereocenters. The summed E-state index contributed by atoms with van der Waals surface area (Å²) in [5.41, 5.74) is 6.67. The van der Waals surface area contributed by atoms with Gasteiger partial charge in [-0.05, 0) is 32.9 Å². The number of pyridine rings is 1. The number of hydrogen-bond acceptors (Lipinski definition) is 4. The van der Waals surface area contributed by atoms with Gasteiger partial charge in [0, 0.05) is 12.2 Å². The van der Waals surface area contributed by atoms with Gasteiger partial charge in [0.05, 0.1) is 5.56 Å². The first-order valence-corrected chi connectivity index (χ1v) is 5.23. The molecule has 0 aliphatic heterocycles. The average Bonchev–Trinajstić information content (AvgIpc) is 2.61. The standard InChI is InChI=1S/C11H15N5/c1-7(2)16-8(3)14-15-11(16)9-5-4-6-13-10(9)12/h4-7H,1-3H3,(H2,12,13). The lowest BCUT2D eigenvalue weighted by atomic mass is 10.2. The first-order valence-electron chi connectivity index (χ1n) is 5.23. The molecular weight excluding hydrogens is 202 g/mol. The van der Waals surface area contributed by atoms with E-state index in [9.17, 15) is 0 Å². The van der Waals surface area contributed by atoms with Gasteiger partial charge in [-0.15, -0.1) is 10.2 Å². The minimum atomic E-state index is 0.296. The van der Waals surface area contributed by atoms with Crippen molar-refractivity contribution in [3.8, 4) is 11.4 Å². The average molecular weight is 217 g/mol. The monoisotopic (exact) mass is 217 g/mol. The maximum absolute atomic E-state index is 5.84. The summed E-state index contributed by atoms with van der Waals surface area (Å²) >= 11 is 0. The van der Waals surface area contributed by atoms with Crippen molar-refractivity contribution in [3.63, 3.8) is 0 Å². The zero-order valence-corrected chi connectivity index (χ0v) is 9.68. The van der Waals surface area contributed by atoms with E-state index in [0.29, 0.717) is 11.9 Å². The second-order valence-corrected chi connectivity index (χ2v) is 3.97. The van der Waals surface area contributed by atoms with Gasteiger partial charge in [0.25, 0.3) is 0 Å². The quantitative estimate of drug-likeness (QED) is 0.832. The molecule has 2 N–H and O–H groups in total. The number of aryl methyl sites for hydroxylation is 1. The van der Waals surface area contributed by atoms with Gasteiger partial charge in [0.2, 0.25) is 0 Å². The van der Waals surface area contributed by atoms with E-state index in [4.69, 9.17) is 5.73 Å².